The van der Waals surface area contributed by atoms with Crippen molar-refractivity contribution < 1.29 is 0 Å². The molecule has 12 heavy (non-hydrogen) atoms. The van der Waals surface area contributed by atoms with Gasteiger partial charge in [-0.15, -0.1) is 0 Å². The molecule has 0 saturated carbocycles. The molecule has 1 heteroatoms. The second-order valence-electron chi connectivity index (χ2n) is 4.33. The van der Waals surface area contributed by atoms with Gasteiger partial charge >= 0.3 is 0 Å². The van der Waals surface area contributed by atoms with Gasteiger partial charge in [-0.3, -0.25) is 0 Å². The van der Waals surface area contributed by atoms with E-state index in [9.17, 15) is 0 Å². The summed E-state index contributed by atoms with van der Waals surface area (Å²) >= 11 is 0. The van der Waals surface area contributed by atoms with Crippen molar-refractivity contribution in [2.24, 2.45) is 11.8 Å². The molecule has 0 aliphatic rings. The average Bonchev–Trinajstić information content (AvgIpc) is 1.97. The fourth-order valence-corrected chi connectivity index (χ4v) is 1.72. The Bertz CT molecular complexity index is 89.0. The monoisotopic (exact) mass is 171 g/mol. The summed E-state index contributed by atoms with van der Waals surface area (Å²) in [7, 11) is 2.03. The minimum atomic E-state index is 0.865. The lowest BCUT2D eigenvalue weighted by Crippen LogP contribution is -2.08. The molecule has 0 aromatic heterocycles. The van der Waals surface area contributed by atoms with E-state index in [0.29, 0.717) is 0 Å². The second kappa shape index (κ2) is 7.60. The van der Waals surface area contributed by atoms with Gasteiger partial charge < -0.3 is 5.32 Å². The van der Waals surface area contributed by atoms with Crippen LogP contribution in [-0.2, 0) is 0 Å². The number of unbranched alkanes of at least 4 members (excludes halogenated alkanes) is 1. The lowest BCUT2D eigenvalue weighted by molar-refractivity contribution is 0.400. The number of rotatable bonds is 7. The predicted octanol–water partition coefficient (Wildman–Crippen LogP) is 3.06. The quantitative estimate of drug-likeness (QED) is 0.580. The van der Waals surface area contributed by atoms with Gasteiger partial charge in [0.2, 0.25) is 0 Å². The molecule has 74 valence electrons. The smallest absolute Gasteiger partial charge is 0.00519 e. The standard InChI is InChI=1S/C11H25N/c1-10(2)9-11(3)7-5-6-8-12-4/h10-12H,5-9H2,1-4H3. The SMILES string of the molecule is CNCCCCC(C)CC(C)C. The Morgan fingerprint density at radius 1 is 1.08 bits per heavy atom. The Hall–Kier alpha value is -0.0400. The highest BCUT2D eigenvalue weighted by Gasteiger charge is 2.03. The topological polar surface area (TPSA) is 12.0 Å². The van der Waals surface area contributed by atoms with Crippen LogP contribution in [0, 0.1) is 11.8 Å². The van der Waals surface area contributed by atoms with Crippen molar-refractivity contribution in [3.63, 3.8) is 0 Å². The molecule has 0 aromatic carbocycles. The summed E-state index contributed by atoms with van der Waals surface area (Å²) in [4.78, 5) is 0. The first-order valence-electron chi connectivity index (χ1n) is 5.31. The molecule has 0 aliphatic heterocycles. The summed E-state index contributed by atoms with van der Waals surface area (Å²) in [5.74, 6) is 1.78. The van der Waals surface area contributed by atoms with Gasteiger partial charge in [-0.25, -0.2) is 0 Å². The highest BCUT2D eigenvalue weighted by molar-refractivity contribution is 4.56. The number of nitrogens with one attached hydrogen (secondary N) is 1. The molecular weight excluding hydrogens is 146 g/mol. The van der Waals surface area contributed by atoms with E-state index in [-0.39, 0.29) is 0 Å². The van der Waals surface area contributed by atoms with Crippen molar-refractivity contribution in [1.29, 1.82) is 0 Å². The molecule has 0 radical (unpaired) electrons. The third-order valence-corrected chi connectivity index (χ3v) is 2.25. The molecule has 0 saturated heterocycles. The third kappa shape index (κ3) is 8.06. The minimum Gasteiger partial charge on any atom is -0.320 e. The molecule has 0 fully saturated rings. The van der Waals surface area contributed by atoms with E-state index < -0.39 is 0 Å². The highest BCUT2D eigenvalue weighted by atomic mass is 14.8. The number of hydrogen-bond donors (Lipinski definition) is 1. The Balaban J connectivity index is 3.14. The van der Waals surface area contributed by atoms with Crippen LogP contribution >= 0.6 is 0 Å². The zero-order valence-electron chi connectivity index (χ0n) is 9.19. The summed E-state index contributed by atoms with van der Waals surface area (Å²) in [6.45, 7) is 8.17. The van der Waals surface area contributed by atoms with E-state index in [0.717, 1.165) is 11.8 Å². The van der Waals surface area contributed by atoms with Crippen LogP contribution < -0.4 is 5.32 Å². The number of hydrogen-bond acceptors (Lipinski definition) is 1. The van der Waals surface area contributed by atoms with Crippen LogP contribution in [0.3, 0.4) is 0 Å². The molecule has 0 aromatic rings. The maximum atomic E-state index is 3.18. The van der Waals surface area contributed by atoms with Gasteiger partial charge in [0.05, 0.1) is 0 Å². The summed E-state index contributed by atoms with van der Waals surface area (Å²) in [5.41, 5.74) is 0. The van der Waals surface area contributed by atoms with E-state index in [1.165, 1.54) is 32.2 Å². The summed E-state index contributed by atoms with van der Waals surface area (Å²) in [5, 5.41) is 3.18. The van der Waals surface area contributed by atoms with Crippen molar-refractivity contribution in [3.8, 4) is 0 Å². The molecule has 0 heterocycles. The van der Waals surface area contributed by atoms with E-state index in [2.05, 4.69) is 26.1 Å². The Kier molecular flexibility index (Phi) is 7.58. The van der Waals surface area contributed by atoms with Gasteiger partial charge in [0, 0.05) is 0 Å². The van der Waals surface area contributed by atoms with Crippen LogP contribution in [-0.4, -0.2) is 13.6 Å². The van der Waals surface area contributed by atoms with Crippen LogP contribution in [0.25, 0.3) is 0 Å². The van der Waals surface area contributed by atoms with E-state index in [1.807, 2.05) is 7.05 Å². The van der Waals surface area contributed by atoms with Crippen molar-refractivity contribution >= 4 is 0 Å². The van der Waals surface area contributed by atoms with Gasteiger partial charge in [0.25, 0.3) is 0 Å². The van der Waals surface area contributed by atoms with Crippen molar-refractivity contribution in [3.05, 3.63) is 0 Å². The maximum absolute atomic E-state index is 3.18. The molecular formula is C11H25N. The van der Waals surface area contributed by atoms with E-state index >= 15 is 0 Å². The van der Waals surface area contributed by atoms with Gasteiger partial charge in [-0.2, -0.15) is 0 Å². The molecule has 1 unspecified atom stereocenters. The zero-order valence-corrected chi connectivity index (χ0v) is 9.19. The summed E-state index contributed by atoms with van der Waals surface area (Å²) in [6.07, 6.45) is 5.51. The zero-order chi connectivity index (χ0) is 9.40. The third-order valence-electron chi connectivity index (χ3n) is 2.25. The van der Waals surface area contributed by atoms with Crippen LogP contribution in [0.4, 0.5) is 0 Å². The average molecular weight is 171 g/mol. The van der Waals surface area contributed by atoms with Gasteiger partial charge in [-0.05, 0) is 38.3 Å². The molecule has 1 nitrogen and oxygen atoms in total. The van der Waals surface area contributed by atoms with Crippen LogP contribution in [0.2, 0.25) is 0 Å². The van der Waals surface area contributed by atoms with E-state index in [1.54, 1.807) is 0 Å². The largest absolute Gasteiger partial charge is 0.320 e. The van der Waals surface area contributed by atoms with Gasteiger partial charge in [-0.1, -0.05) is 33.6 Å². The second-order valence-corrected chi connectivity index (χ2v) is 4.33. The Labute approximate surface area is 77.9 Å². The summed E-state index contributed by atoms with van der Waals surface area (Å²) < 4.78 is 0. The fourth-order valence-electron chi connectivity index (χ4n) is 1.72. The van der Waals surface area contributed by atoms with Crippen LogP contribution in [0.5, 0.6) is 0 Å². The Morgan fingerprint density at radius 3 is 2.25 bits per heavy atom. The molecule has 0 spiro atoms. The van der Waals surface area contributed by atoms with Gasteiger partial charge in [0.1, 0.15) is 0 Å². The molecule has 1 atom stereocenters. The van der Waals surface area contributed by atoms with Crippen molar-refractivity contribution in [2.45, 2.75) is 46.5 Å². The van der Waals surface area contributed by atoms with E-state index in [4.69, 9.17) is 0 Å². The van der Waals surface area contributed by atoms with Crippen molar-refractivity contribution in [1.82, 2.24) is 5.32 Å². The minimum absolute atomic E-state index is 0.865. The van der Waals surface area contributed by atoms with Crippen LogP contribution in [0.1, 0.15) is 46.5 Å². The lowest BCUT2D eigenvalue weighted by Gasteiger charge is -2.13. The summed E-state index contributed by atoms with van der Waals surface area (Å²) in [6, 6.07) is 0. The molecule has 0 amide bonds. The first-order chi connectivity index (χ1) is 5.66. The Morgan fingerprint density at radius 2 is 1.75 bits per heavy atom. The van der Waals surface area contributed by atoms with Gasteiger partial charge in [0.15, 0.2) is 0 Å². The molecule has 0 bridgehead atoms. The van der Waals surface area contributed by atoms with Crippen molar-refractivity contribution in [2.75, 3.05) is 13.6 Å². The predicted molar refractivity (Wildman–Crippen MR) is 56.4 cm³/mol. The highest BCUT2D eigenvalue weighted by Crippen LogP contribution is 2.16. The lowest BCUT2D eigenvalue weighted by atomic mass is 9.94. The fraction of sp³-hybridized carbons (Fsp3) is 1.00. The maximum Gasteiger partial charge on any atom is -0.00519 e. The molecule has 1 N–H and O–H groups in total. The van der Waals surface area contributed by atoms with Crippen LogP contribution in [0.15, 0.2) is 0 Å². The molecule has 0 rings (SSSR count). The normalized spacial score (nSPS) is 13.8. The molecule has 0 aliphatic carbocycles. The first kappa shape index (κ1) is 12.0. The first-order valence-corrected chi connectivity index (χ1v) is 5.31.